The Morgan fingerprint density at radius 2 is 2.33 bits per heavy atom. The zero-order valence-corrected chi connectivity index (χ0v) is 7.61. The van der Waals surface area contributed by atoms with Crippen molar-refractivity contribution in [2.24, 2.45) is 5.73 Å². The molecule has 0 bridgehead atoms. The molecule has 0 fully saturated rings. The number of nitrogens with two attached hydrogens (primary N) is 1. The van der Waals surface area contributed by atoms with E-state index in [9.17, 15) is 4.79 Å². The molecule has 0 radical (unpaired) electrons. The van der Waals surface area contributed by atoms with Gasteiger partial charge in [0.2, 0.25) is 5.88 Å². The van der Waals surface area contributed by atoms with Gasteiger partial charge in [-0.2, -0.15) is 0 Å². The minimum absolute atomic E-state index is 0.104. The minimum atomic E-state index is -0.893. The number of halogens is 1. The number of alkyl halides is 1. The van der Waals surface area contributed by atoms with Crippen LogP contribution in [0.25, 0.3) is 0 Å². The number of hydrogen-bond donors (Lipinski definition) is 1. The summed E-state index contributed by atoms with van der Waals surface area (Å²) in [5, 5.41) is 0.608. The van der Waals surface area contributed by atoms with Crippen LogP contribution < -0.4 is 10.5 Å². The summed E-state index contributed by atoms with van der Waals surface area (Å²) in [6.07, 6.45) is 1.94. The molecule has 0 atom stereocenters. The molecule has 0 aliphatic carbocycles. The van der Waals surface area contributed by atoms with Gasteiger partial charge in [-0.05, 0) is 0 Å². The first-order chi connectivity index (χ1) is 5.72. The van der Waals surface area contributed by atoms with Crippen molar-refractivity contribution in [2.75, 3.05) is 0 Å². The summed E-state index contributed by atoms with van der Waals surface area (Å²) < 4.78 is 4.46. The molecule has 0 aliphatic rings. The van der Waals surface area contributed by atoms with E-state index in [1.165, 1.54) is 12.4 Å². The number of rotatable bonds is 2. The Balaban J connectivity index is 2.71. The molecule has 0 aliphatic heterocycles. The summed E-state index contributed by atoms with van der Waals surface area (Å²) in [5.74, 6) is 0.104. The molecule has 1 amide bonds. The van der Waals surface area contributed by atoms with Gasteiger partial charge in [-0.15, -0.1) is 0 Å². The monoisotopic (exact) mass is 231 g/mol. The maximum atomic E-state index is 10.2. The molecule has 2 N–H and O–H groups in total. The van der Waals surface area contributed by atoms with E-state index in [1.807, 2.05) is 0 Å². The van der Waals surface area contributed by atoms with E-state index in [2.05, 4.69) is 30.6 Å². The number of hydrogen-bond acceptors (Lipinski definition) is 4. The van der Waals surface area contributed by atoms with Crippen LogP contribution in [0, 0.1) is 0 Å². The van der Waals surface area contributed by atoms with Crippen molar-refractivity contribution in [2.45, 2.75) is 5.33 Å². The lowest BCUT2D eigenvalue weighted by atomic mass is 10.5. The second-order valence-electron chi connectivity index (χ2n) is 1.90. The topological polar surface area (TPSA) is 78.1 Å². The van der Waals surface area contributed by atoms with Crippen molar-refractivity contribution in [1.29, 1.82) is 0 Å². The summed E-state index contributed by atoms with van der Waals surface area (Å²) >= 11 is 3.20. The van der Waals surface area contributed by atoms with Crippen LogP contribution in [0.15, 0.2) is 12.4 Å². The van der Waals surface area contributed by atoms with Crippen LogP contribution in [-0.2, 0) is 5.33 Å². The molecular weight excluding hydrogens is 226 g/mol. The number of aromatic nitrogens is 2. The Hall–Kier alpha value is -1.17. The lowest BCUT2D eigenvalue weighted by molar-refractivity contribution is 0.209. The van der Waals surface area contributed by atoms with E-state index in [1.54, 1.807) is 0 Å². The molecule has 0 saturated heterocycles. The van der Waals surface area contributed by atoms with Crippen LogP contribution in [0.2, 0.25) is 0 Å². The van der Waals surface area contributed by atoms with Crippen LogP contribution in [0.3, 0.4) is 0 Å². The van der Waals surface area contributed by atoms with E-state index in [0.29, 0.717) is 5.33 Å². The number of amides is 1. The van der Waals surface area contributed by atoms with Gasteiger partial charge in [0.15, 0.2) is 0 Å². The van der Waals surface area contributed by atoms with Gasteiger partial charge in [0, 0.05) is 5.33 Å². The van der Waals surface area contributed by atoms with Crippen molar-refractivity contribution in [3.63, 3.8) is 0 Å². The fraction of sp³-hybridized carbons (Fsp3) is 0.167. The van der Waals surface area contributed by atoms with Gasteiger partial charge in [0.1, 0.15) is 0 Å². The molecule has 12 heavy (non-hydrogen) atoms. The number of primary amides is 1. The smallest absolute Gasteiger partial charge is 0.390 e. The van der Waals surface area contributed by atoms with Crippen LogP contribution in [0.4, 0.5) is 4.79 Å². The molecule has 6 heteroatoms. The molecular formula is C6H6BrN3O2. The van der Waals surface area contributed by atoms with E-state index >= 15 is 0 Å². The maximum Gasteiger partial charge on any atom is 0.411 e. The van der Waals surface area contributed by atoms with Gasteiger partial charge in [0.05, 0.1) is 18.1 Å². The molecule has 0 unspecified atom stereocenters. The average Bonchev–Trinajstić information content (AvgIpc) is 2.05. The molecule has 1 aromatic heterocycles. The number of carbonyl (C=O) groups is 1. The molecule has 0 saturated carbocycles. The zero-order valence-electron chi connectivity index (χ0n) is 6.03. The second kappa shape index (κ2) is 4.01. The lowest BCUT2D eigenvalue weighted by Crippen LogP contribution is -2.17. The van der Waals surface area contributed by atoms with E-state index < -0.39 is 6.09 Å². The van der Waals surface area contributed by atoms with Crippen LogP contribution in [0.1, 0.15) is 5.69 Å². The number of carbonyl (C=O) groups excluding carboxylic acids is 1. The molecule has 1 rings (SSSR count). The Kier molecular flexibility index (Phi) is 2.98. The highest BCUT2D eigenvalue weighted by atomic mass is 79.9. The van der Waals surface area contributed by atoms with Gasteiger partial charge in [-0.3, -0.25) is 4.98 Å². The third-order valence-electron chi connectivity index (χ3n) is 1.02. The maximum absolute atomic E-state index is 10.2. The Labute approximate surface area is 77.1 Å². The third kappa shape index (κ3) is 2.46. The second-order valence-corrected chi connectivity index (χ2v) is 2.46. The van der Waals surface area contributed by atoms with Gasteiger partial charge >= 0.3 is 6.09 Å². The summed E-state index contributed by atoms with van der Waals surface area (Å²) in [7, 11) is 0. The highest BCUT2D eigenvalue weighted by Crippen LogP contribution is 2.05. The highest BCUT2D eigenvalue weighted by molar-refractivity contribution is 9.08. The zero-order chi connectivity index (χ0) is 8.97. The fourth-order valence-corrected chi connectivity index (χ4v) is 0.857. The van der Waals surface area contributed by atoms with E-state index in [4.69, 9.17) is 5.73 Å². The Morgan fingerprint density at radius 1 is 1.58 bits per heavy atom. The largest absolute Gasteiger partial charge is 0.411 e. The van der Waals surface area contributed by atoms with Crippen molar-refractivity contribution in [3.8, 4) is 5.88 Å². The quantitative estimate of drug-likeness (QED) is 0.766. The summed E-state index contributed by atoms with van der Waals surface area (Å²) in [6.45, 7) is 0. The summed E-state index contributed by atoms with van der Waals surface area (Å²) in [6, 6.07) is 0. The SMILES string of the molecule is NC(=O)Oc1cnc(CBr)cn1. The van der Waals surface area contributed by atoms with E-state index in [0.717, 1.165) is 5.69 Å². The minimum Gasteiger partial charge on any atom is -0.390 e. The lowest BCUT2D eigenvalue weighted by Gasteiger charge is -1.98. The first-order valence-corrected chi connectivity index (χ1v) is 4.18. The first kappa shape index (κ1) is 8.92. The predicted molar refractivity (Wildman–Crippen MR) is 44.9 cm³/mol. The van der Waals surface area contributed by atoms with Crippen LogP contribution >= 0.6 is 15.9 Å². The average molecular weight is 232 g/mol. The van der Waals surface area contributed by atoms with Gasteiger partial charge in [-0.1, -0.05) is 15.9 Å². The molecule has 0 spiro atoms. The first-order valence-electron chi connectivity index (χ1n) is 3.06. The van der Waals surface area contributed by atoms with Crippen molar-refractivity contribution in [1.82, 2.24) is 9.97 Å². The molecule has 1 aromatic rings. The predicted octanol–water partition coefficient (Wildman–Crippen LogP) is 0.829. The van der Waals surface area contributed by atoms with Crippen molar-refractivity contribution >= 4 is 22.0 Å². The highest BCUT2D eigenvalue weighted by Gasteiger charge is 1.99. The normalized spacial score (nSPS) is 9.42. The Bertz CT molecular complexity index is 275. The van der Waals surface area contributed by atoms with Crippen molar-refractivity contribution < 1.29 is 9.53 Å². The van der Waals surface area contributed by atoms with Gasteiger partial charge in [0.25, 0.3) is 0 Å². The molecule has 1 heterocycles. The van der Waals surface area contributed by atoms with E-state index in [-0.39, 0.29) is 5.88 Å². The number of nitrogens with zero attached hydrogens (tertiary/aromatic N) is 2. The van der Waals surface area contributed by atoms with Crippen LogP contribution in [0.5, 0.6) is 5.88 Å². The third-order valence-corrected chi connectivity index (χ3v) is 1.60. The summed E-state index contributed by atoms with van der Waals surface area (Å²) in [5.41, 5.74) is 5.51. The summed E-state index contributed by atoms with van der Waals surface area (Å²) in [4.78, 5) is 17.9. The van der Waals surface area contributed by atoms with Crippen molar-refractivity contribution in [3.05, 3.63) is 18.1 Å². The van der Waals surface area contributed by atoms with Gasteiger partial charge < -0.3 is 10.5 Å². The molecule has 5 nitrogen and oxygen atoms in total. The van der Waals surface area contributed by atoms with Gasteiger partial charge in [-0.25, -0.2) is 9.78 Å². The number of ether oxygens (including phenoxy) is 1. The fourth-order valence-electron chi connectivity index (χ4n) is 0.568. The van der Waals surface area contributed by atoms with Crippen LogP contribution in [-0.4, -0.2) is 16.1 Å². The standard InChI is InChI=1S/C6H6BrN3O2/c7-1-4-2-10-5(3-9-4)12-6(8)11/h2-3H,1H2,(H2,8,11). The Morgan fingerprint density at radius 3 is 2.75 bits per heavy atom. The molecule has 64 valence electrons. The molecule has 0 aromatic carbocycles.